The van der Waals surface area contributed by atoms with E-state index in [0.29, 0.717) is 25.8 Å². The van der Waals surface area contributed by atoms with Gasteiger partial charge in [-0.3, -0.25) is 24.1 Å². The van der Waals surface area contributed by atoms with Gasteiger partial charge in [0.25, 0.3) is 10.0 Å². The molecule has 0 aliphatic carbocycles. The van der Waals surface area contributed by atoms with Crippen LogP contribution in [0.4, 0.5) is 0 Å². The third-order valence-corrected chi connectivity index (χ3v) is 11.2. The summed E-state index contributed by atoms with van der Waals surface area (Å²) in [6, 6.07) is 4.60. The molecule has 1 saturated heterocycles. The number of nitrogens with zero attached hydrogens (tertiary/aromatic N) is 3. The number of hydrogen-bond donors (Lipinski definition) is 3. The number of benzene rings is 1. The summed E-state index contributed by atoms with van der Waals surface area (Å²) in [5.74, 6) is -2.42. The number of methoxy groups -OCH3 is 2. The Morgan fingerprint density at radius 3 is 2.12 bits per heavy atom. The minimum atomic E-state index is -4.15. The zero-order valence-corrected chi connectivity index (χ0v) is 32.3. The van der Waals surface area contributed by atoms with Crippen LogP contribution in [0.15, 0.2) is 29.2 Å². The van der Waals surface area contributed by atoms with E-state index >= 15 is 0 Å². The van der Waals surface area contributed by atoms with Crippen LogP contribution >= 0.6 is 0 Å². The van der Waals surface area contributed by atoms with Gasteiger partial charge < -0.3 is 30.3 Å². The van der Waals surface area contributed by atoms with Crippen LogP contribution in [0.2, 0.25) is 0 Å². The van der Waals surface area contributed by atoms with E-state index in [0.717, 1.165) is 5.56 Å². The average Bonchev–Trinajstić information content (AvgIpc) is 3.56. The molecule has 4 N–H and O–H groups in total. The van der Waals surface area contributed by atoms with Crippen molar-refractivity contribution in [2.24, 2.45) is 23.5 Å². The van der Waals surface area contributed by atoms with Crippen molar-refractivity contribution in [1.29, 1.82) is 0 Å². The molecule has 4 amide bonds. The van der Waals surface area contributed by atoms with E-state index in [9.17, 15) is 27.6 Å². The van der Waals surface area contributed by atoms with Crippen LogP contribution < -0.4 is 15.8 Å². The van der Waals surface area contributed by atoms with Crippen molar-refractivity contribution < 1.29 is 37.1 Å². The normalized spacial score (nSPS) is 18.7. The molecule has 1 aromatic rings. The Morgan fingerprint density at radius 1 is 1.00 bits per heavy atom. The second kappa shape index (κ2) is 19.5. The Hall–Kier alpha value is -3.11. The summed E-state index contributed by atoms with van der Waals surface area (Å²) in [7, 11) is 4.10. The van der Waals surface area contributed by atoms with Crippen LogP contribution in [-0.2, 0) is 45.2 Å². The van der Waals surface area contributed by atoms with E-state index in [4.69, 9.17) is 15.2 Å². The monoisotopic (exact) mass is 724 g/mol. The molecule has 0 saturated carbocycles. The van der Waals surface area contributed by atoms with Gasteiger partial charge in [-0.2, -0.15) is 0 Å². The van der Waals surface area contributed by atoms with E-state index in [1.807, 2.05) is 46.7 Å². The van der Waals surface area contributed by atoms with Crippen LogP contribution in [0, 0.1) is 17.8 Å². The van der Waals surface area contributed by atoms with Gasteiger partial charge in [0.1, 0.15) is 0 Å². The molecule has 15 heteroatoms. The van der Waals surface area contributed by atoms with Gasteiger partial charge >= 0.3 is 0 Å². The largest absolute Gasteiger partial charge is 0.379 e. The SMILES string of the molecule is CC[C@H](C)[C@@H]([C@@H](CC(=O)N1CCC[C@H]1[C@H](OC)[C@@H](C)C(=O)NS(=O)(=O)c1ccc(CN)cc1)OC)N(C)C(=O)CNC(=O)C(C(C)C)N(C)C. The van der Waals surface area contributed by atoms with E-state index in [1.165, 1.54) is 26.4 Å². The highest BCUT2D eigenvalue weighted by Gasteiger charge is 2.42. The number of likely N-dealkylation sites (N-methyl/N-ethyl adjacent to an activating group) is 2. The fourth-order valence-corrected chi connectivity index (χ4v) is 8.00. The smallest absolute Gasteiger partial charge is 0.264 e. The third kappa shape index (κ3) is 10.9. The quantitative estimate of drug-likeness (QED) is 0.190. The number of sulfonamides is 1. The Kier molecular flexibility index (Phi) is 16.8. The van der Waals surface area contributed by atoms with Crippen LogP contribution in [0.3, 0.4) is 0 Å². The number of nitrogens with two attached hydrogens (primary N) is 1. The van der Waals surface area contributed by atoms with Crippen molar-refractivity contribution in [1.82, 2.24) is 24.7 Å². The first-order valence-corrected chi connectivity index (χ1v) is 18.8. The maximum atomic E-state index is 13.9. The van der Waals surface area contributed by atoms with Crippen molar-refractivity contribution >= 4 is 33.7 Å². The van der Waals surface area contributed by atoms with Crippen molar-refractivity contribution in [2.75, 3.05) is 48.5 Å². The molecule has 284 valence electrons. The van der Waals surface area contributed by atoms with E-state index in [1.54, 1.807) is 35.9 Å². The predicted octanol–water partition coefficient (Wildman–Crippen LogP) is 1.57. The standard InChI is InChI=1S/C35H60N6O8S/c1-11-23(4)32(40(8)30(43)21-37-35(45)31(22(2)3)39(6)7)28(48-9)19-29(42)41-18-12-13-27(41)33(49-10)24(5)34(44)38-50(46,47)26-16-14-25(20-36)15-17-26/h14-17,22-24,27-28,31-33H,11-13,18-21,36H2,1-10H3,(H,37,45)(H,38,44)/t23-,24+,27-,28+,31?,32-,33+/m0/s1. The molecule has 1 aromatic carbocycles. The minimum Gasteiger partial charge on any atom is -0.379 e. The summed E-state index contributed by atoms with van der Waals surface area (Å²) in [4.78, 5) is 58.5. The lowest BCUT2D eigenvalue weighted by molar-refractivity contribution is -0.145. The van der Waals surface area contributed by atoms with Crippen LogP contribution in [0.1, 0.15) is 65.9 Å². The molecule has 1 aliphatic heterocycles. The van der Waals surface area contributed by atoms with Gasteiger partial charge in [-0.05, 0) is 56.5 Å². The summed E-state index contributed by atoms with van der Waals surface area (Å²) >= 11 is 0. The number of amides is 4. The Morgan fingerprint density at radius 2 is 1.62 bits per heavy atom. The average molecular weight is 725 g/mol. The number of likely N-dealkylation sites (tertiary alicyclic amines) is 1. The summed E-state index contributed by atoms with van der Waals surface area (Å²) in [6.45, 7) is 9.95. The highest BCUT2D eigenvalue weighted by molar-refractivity contribution is 7.90. The van der Waals surface area contributed by atoms with Gasteiger partial charge in [-0.25, -0.2) is 13.1 Å². The number of carbonyl (C=O) groups is 4. The summed E-state index contributed by atoms with van der Waals surface area (Å²) in [6.07, 6.45) is 0.462. The molecule has 1 aliphatic rings. The molecule has 0 aromatic heterocycles. The molecule has 7 atom stereocenters. The Bertz CT molecular complexity index is 1380. The second-order valence-electron chi connectivity index (χ2n) is 13.8. The van der Waals surface area contributed by atoms with Crippen LogP contribution in [0.5, 0.6) is 0 Å². The lowest BCUT2D eigenvalue weighted by atomic mass is 9.90. The van der Waals surface area contributed by atoms with E-state index in [-0.39, 0.29) is 60.0 Å². The molecule has 1 heterocycles. The molecule has 50 heavy (non-hydrogen) atoms. The van der Waals surface area contributed by atoms with Crippen LogP contribution in [0.25, 0.3) is 0 Å². The maximum Gasteiger partial charge on any atom is 0.264 e. The zero-order chi connectivity index (χ0) is 37.9. The summed E-state index contributed by atoms with van der Waals surface area (Å²) < 4.78 is 39.7. The zero-order valence-electron chi connectivity index (χ0n) is 31.5. The number of hydrogen-bond acceptors (Lipinski definition) is 10. The first-order chi connectivity index (χ1) is 23.4. The predicted molar refractivity (Wildman–Crippen MR) is 191 cm³/mol. The molecule has 0 radical (unpaired) electrons. The summed E-state index contributed by atoms with van der Waals surface area (Å²) in [5.41, 5.74) is 6.36. The Balaban J connectivity index is 2.19. The molecule has 1 fully saturated rings. The fourth-order valence-electron chi connectivity index (χ4n) is 6.94. The first-order valence-electron chi connectivity index (χ1n) is 17.4. The topological polar surface area (TPSA) is 181 Å². The lowest BCUT2D eigenvalue weighted by Gasteiger charge is -2.39. The number of carbonyl (C=O) groups excluding carboxylic acids is 4. The van der Waals surface area contributed by atoms with Gasteiger partial charge in [0.05, 0.1) is 54.1 Å². The molecular formula is C35H60N6O8S. The maximum absolute atomic E-state index is 13.9. The number of nitrogens with one attached hydrogen (secondary N) is 2. The van der Waals surface area contributed by atoms with Crippen molar-refractivity contribution in [3.8, 4) is 0 Å². The van der Waals surface area contributed by atoms with Crippen molar-refractivity contribution in [2.45, 2.75) is 102 Å². The molecular weight excluding hydrogens is 664 g/mol. The van der Waals surface area contributed by atoms with Gasteiger partial charge in [-0.15, -0.1) is 0 Å². The molecule has 0 bridgehead atoms. The summed E-state index contributed by atoms with van der Waals surface area (Å²) in [5, 5.41) is 2.78. The van der Waals surface area contributed by atoms with Gasteiger partial charge in [0.2, 0.25) is 23.6 Å². The third-order valence-electron chi connectivity index (χ3n) is 9.88. The lowest BCUT2D eigenvalue weighted by Crippen LogP contribution is -2.55. The minimum absolute atomic E-state index is 0.0355. The van der Waals surface area contributed by atoms with Gasteiger partial charge in [0.15, 0.2) is 0 Å². The van der Waals surface area contributed by atoms with Gasteiger partial charge in [-0.1, -0.05) is 53.2 Å². The number of ether oxygens (including phenoxy) is 2. The second-order valence-corrected chi connectivity index (χ2v) is 15.5. The van der Waals surface area contributed by atoms with Gasteiger partial charge in [0, 0.05) is 34.4 Å². The fraction of sp³-hybridized carbons (Fsp3) is 0.714. The highest BCUT2D eigenvalue weighted by Crippen LogP contribution is 2.29. The van der Waals surface area contributed by atoms with Crippen LogP contribution in [-0.4, -0.2) is 126 Å². The molecule has 0 spiro atoms. The van der Waals surface area contributed by atoms with Crippen molar-refractivity contribution in [3.05, 3.63) is 29.8 Å². The van der Waals surface area contributed by atoms with E-state index < -0.39 is 46.1 Å². The molecule has 1 unspecified atom stereocenters. The molecule has 14 nitrogen and oxygen atoms in total. The highest BCUT2D eigenvalue weighted by atomic mass is 32.2. The first kappa shape index (κ1) is 43.1. The van der Waals surface area contributed by atoms with Crippen molar-refractivity contribution in [3.63, 3.8) is 0 Å². The number of rotatable bonds is 19. The van der Waals surface area contributed by atoms with E-state index in [2.05, 4.69) is 10.0 Å². The molecule has 2 rings (SSSR count). The Labute approximate surface area is 298 Å².